The van der Waals surface area contributed by atoms with Gasteiger partial charge in [0.1, 0.15) is 4.90 Å². The molecule has 2 heterocycles. The van der Waals surface area contributed by atoms with Crippen LogP contribution in [-0.2, 0) is 19.6 Å². The van der Waals surface area contributed by atoms with Crippen molar-refractivity contribution in [3.63, 3.8) is 0 Å². The Labute approximate surface area is 182 Å². The number of carbonyl (C=O) groups is 3. The fourth-order valence-electron chi connectivity index (χ4n) is 3.35. The number of rotatable bonds is 6. The second-order valence-corrected chi connectivity index (χ2v) is 10.1. The van der Waals surface area contributed by atoms with Crippen molar-refractivity contribution < 1.29 is 22.8 Å². The molecule has 0 atom stereocenters. The van der Waals surface area contributed by atoms with Crippen LogP contribution in [0.2, 0.25) is 10.0 Å². The second kappa shape index (κ2) is 9.22. The first kappa shape index (κ1) is 22.4. The summed E-state index contributed by atoms with van der Waals surface area (Å²) in [4.78, 5) is 38.7. The topological polar surface area (TPSA) is 104 Å². The lowest BCUT2D eigenvalue weighted by Gasteiger charge is -2.35. The van der Waals surface area contributed by atoms with Crippen LogP contribution < -0.4 is 4.72 Å². The summed E-state index contributed by atoms with van der Waals surface area (Å²) >= 11 is 12.9. The van der Waals surface area contributed by atoms with Gasteiger partial charge in [0.25, 0.3) is 5.24 Å². The Hall–Kier alpha value is -1.33. The van der Waals surface area contributed by atoms with Crippen molar-refractivity contribution in [1.82, 2.24) is 14.5 Å². The zero-order chi connectivity index (χ0) is 21.2. The molecular weight excluding hydrogens is 461 g/mol. The first-order valence-electron chi connectivity index (χ1n) is 8.91. The fraction of sp³-hybridized carbons (Fsp3) is 0.471. The minimum absolute atomic E-state index is 0.00238. The van der Waals surface area contributed by atoms with Crippen LogP contribution >= 0.6 is 35.0 Å². The van der Waals surface area contributed by atoms with E-state index >= 15 is 0 Å². The molecular formula is C17H19Cl2N3O5S2. The third-order valence-electron chi connectivity index (χ3n) is 4.79. The minimum Gasteiger partial charge on any atom is -0.343 e. The van der Waals surface area contributed by atoms with Gasteiger partial charge in [-0.05, 0) is 25.0 Å². The van der Waals surface area contributed by atoms with Gasteiger partial charge in [0.15, 0.2) is 0 Å². The van der Waals surface area contributed by atoms with E-state index in [0.717, 1.165) is 11.8 Å². The predicted molar refractivity (Wildman–Crippen MR) is 111 cm³/mol. The third kappa shape index (κ3) is 5.05. The lowest BCUT2D eigenvalue weighted by molar-refractivity contribution is -0.133. The first-order chi connectivity index (χ1) is 13.7. The second-order valence-electron chi connectivity index (χ2n) is 6.63. The molecule has 3 rings (SSSR count). The highest BCUT2D eigenvalue weighted by Gasteiger charge is 2.37. The summed E-state index contributed by atoms with van der Waals surface area (Å²) in [5.41, 5.74) is 0. The Morgan fingerprint density at radius 1 is 1.17 bits per heavy atom. The van der Waals surface area contributed by atoms with E-state index in [2.05, 4.69) is 4.72 Å². The summed E-state index contributed by atoms with van der Waals surface area (Å²) in [5.74, 6) is -0.213. The molecule has 2 aliphatic rings. The number of amides is 3. The summed E-state index contributed by atoms with van der Waals surface area (Å²) in [5, 5.41) is -0.224. The van der Waals surface area contributed by atoms with E-state index in [4.69, 9.17) is 23.2 Å². The zero-order valence-corrected chi connectivity index (χ0v) is 18.4. The van der Waals surface area contributed by atoms with Crippen molar-refractivity contribution in [2.75, 3.05) is 25.4 Å². The Morgan fingerprint density at radius 3 is 2.34 bits per heavy atom. The maximum absolute atomic E-state index is 12.4. The molecule has 12 heteroatoms. The number of carbonyl (C=O) groups excluding carboxylic acids is 3. The number of thioether (sulfide) groups is 1. The van der Waals surface area contributed by atoms with Crippen molar-refractivity contribution >= 4 is 62.0 Å². The number of piperidine rings is 1. The molecule has 0 saturated carbocycles. The Morgan fingerprint density at radius 2 is 1.79 bits per heavy atom. The van der Waals surface area contributed by atoms with Gasteiger partial charge in [0.05, 0.1) is 15.8 Å². The van der Waals surface area contributed by atoms with Crippen LogP contribution in [0.5, 0.6) is 0 Å². The maximum atomic E-state index is 12.4. The molecule has 2 saturated heterocycles. The molecule has 0 aliphatic carbocycles. The van der Waals surface area contributed by atoms with Crippen LogP contribution in [-0.4, -0.2) is 66.7 Å². The van der Waals surface area contributed by atoms with E-state index in [1.54, 1.807) is 11.0 Å². The van der Waals surface area contributed by atoms with E-state index in [-0.39, 0.29) is 56.8 Å². The van der Waals surface area contributed by atoms with Gasteiger partial charge < -0.3 is 4.90 Å². The van der Waals surface area contributed by atoms with Gasteiger partial charge in [0, 0.05) is 32.1 Å². The average molecular weight is 480 g/mol. The van der Waals surface area contributed by atoms with Gasteiger partial charge in [0.2, 0.25) is 21.8 Å². The van der Waals surface area contributed by atoms with Crippen molar-refractivity contribution in [3.8, 4) is 0 Å². The standard InChI is InChI=1S/C17H19Cl2N3O5S2/c18-12-2-1-3-13(19)16(12)29(26,27)20-7-4-14(23)21-8-5-11(6-9-21)22-15(24)10-28-17(22)25/h1-3,11,20H,4-10H2. The van der Waals surface area contributed by atoms with Crippen LogP contribution in [0, 0.1) is 0 Å². The van der Waals surface area contributed by atoms with E-state index < -0.39 is 10.0 Å². The fourth-order valence-corrected chi connectivity index (χ4v) is 6.30. The van der Waals surface area contributed by atoms with Gasteiger partial charge in [-0.25, -0.2) is 13.1 Å². The molecule has 0 unspecified atom stereocenters. The normalized spacial score (nSPS) is 18.6. The molecule has 0 radical (unpaired) electrons. The molecule has 3 amide bonds. The summed E-state index contributed by atoms with van der Waals surface area (Å²) < 4.78 is 27.2. The monoisotopic (exact) mass is 479 g/mol. The zero-order valence-electron chi connectivity index (χ0n) is 15.3. The number of likely N-dealkylation sites (tertiary alicyclic amines) is 1. The number of imide groups is 1. The maximum Gasteiger partial charge on any atom is 0.289 e. The number of hydrogen-bond acceptors (Lipinski definition) is 6. The molecule has 0 bridgehead atoms. The van der Waals surface area contributed by atoms with Gasteiger partial charge in [-0.15, -0.1) is 0 Å². The summed E-state index contributed by atoms with van der Waals surface area (Å²) in [6.07, 6.45) is 1.01. The highest BCUT2D eigenvalue weighted by atomic mass is 35.5. The lowest BCUT2D eigenvalue weighted by atomic mass is 10.0. The van der Waals surface area contributed by atoms with Crippen molar-refractivity contribution in [1.29, 1.82) is 0 Å². The van der Waals surface area contributed by atoms with Crippen LogP contribution in [0.15, 0.2) is 23.1 Å². The van der Waals surface area contributed by atoms with Crippen molar-refractivity contribution in [2.24, 2.45) is 0 Å². The molecule has 8 nitrogen and oxygen atoms in total. The number of nitrogens with zero attached hydrogens (tertiary/aromatic N) is 2. The van der Waals surface area contributed by atoms with E-state index in [1.165, 1.54) is 17.0 Å². The quantitative estimate of drug-likeness (QED) is 0.671. The smallest absolute Gasteiger partial charge is 0.289 e. The van der Waals surface area contributed by atoms with Gasteiger partial charge in [-0.3, -0.25) is 19.3 Å². The Kier molecular flexibility index (Phi) is 7.10. The Balaban J connectivity index is 1.49. The summed E-state index contributed by atoms with van der Waals surface area (Å²) in [6, 6.07) is 4.20. The molecule has 0 spiro atoms. The van der Waals surface area contributed by atoms with E-state index in [1.807, 2.05) is 0 Å². The summed E-state index contributed by atoms with van der Waals surface area (Å²) in [7, 11) is -3.95. The first-order valence-corrected chi connectivity index (χ1v) is 12.1. The SMILES string of the molecule is O=C(CCNS(=O)(=O)c1c(Cl)cccc1Cl)N1CCC(N2C(=O)CSC2=O)CC1. The molecule has 158 valence electrons. The third-order valence-corrected chi connectivity index (χ3v) is 8.04. The molecule has 0 aromatic heterocycles. The van der Waals surface area contributed by atoms with Gasteiger partial charge in [-0.1, -0.05) is 41.0 Å². The summed E-state index contributed by atoms with van der Waals surface area (Å²) in [6.45, 7) is 0.727. The lowest BCUT2D eigenvalue weighted by Crippen LogP contribution is -2.48. The molecule has 29 heavy (non-hydrogen) atoms. The average Bonchev–Trinajstić information content (AvgIpc) is 2.99. The highest BCUT2D eigenvalue weighted by molar-refractivity contribution is 8.14. The highest BCUT2D eigenvalue weighted by Crippen LogP contribution is 2.29. The predicted octanol–water partition coefficient (Wildman–Crippen LogP) is 2.35. The van der Waals surface area contributed by atoms with E-state index in [0.29, 0.717) is 25.9 Å². The molecule has 2 fully saturated rings. The van der Waals surface area contributed by atoms with Crippen molar-refractivity contribution in [2.45, 2.75) is 30.2 Å². The number of halogens is 2. The minimum atomic E-state index is -3.95. The largest absolute Gasteiger partial charge is 0.343 e. The van der Waals surface area contributed by atoms with Crippen LogP contribution in [0.25, 0.3) is 0 Å². The number of nitrogens with one attached hydrogen (secondary N) is 1. The van der Waals surface area contributed by atoms with Crippen LogP contribution in [0.4, 0.5) is 4.79 Å². The van der Waals surface area contributed by atoms with E-state index in [9.17, 15) is 22.8 Å². The number of hydrogen-bond donors (Lipinski definition) is 1. The van der Waals surface area contributed by atoms with Gasteiger partial charge in [-0.2, -0.15) is 0 Å². The Bertz CT molecular complexity index is 897. The number of benzene rings is 1. The number of sulfonamides is 1. The van der Waals surface area contributed by atoms with Gasteiger partial charge >= 0.3 is 0 Å². The molecule has 2 aliphatic heterocycles. The molecule has 1 aromatic rings. The van der Waals surface area contributed by atoms with Crippen LogP contribution in [0.1, 0.15) is 19.3 Å². The molecule has 1 aromatic carbocycles. The molecule has 1 N–H and O–H groups in total. The van der Waals surface area contributed by atoms with Crippen LogP contribution in [0.3, 0.4) is 0 Å². The van der Waals surface area contributed by atoms with Crippen molar-refractivity contribution in [3.05, 3.63) is 28.2 Å².